The SMILES string of the molecule is CCC(C(=O)NCc1cnc(C)s1)C(N)=S. The number of nitrogens with zero attached hydrogens (tertiary/aromatic N) is 1. The van der Waals surface area contributed by atoms with E-state index in [4.69, 9.17) is 18.0 Å². The Morgan fingerprint density at radius 2 is 2.44 bits per heavy atom. The first-order valence-electron chi connectivity index (χ1n) is 5.03. The molecule has 0 aliphatic rings. The van der Waals surface area contributed by atoms with Crippen LogP contribution in [0, 0.1) is 12.8 Å². The first-order valence-corrected chi connectivity index (χ1v) is 6.25. The molecule has 1 amide bonds. The number of amides is 1. The molecule has 3 N–H and O–H groups in total. The molecule has 1 unspecified atom stereocenters. The summed E-state index contributed by atoms with van der Waals surface area (Å²) in [6.07, 6.45) is 2.39. The van der Waals surface area contributed by atoms with Crippen LogP contribution in [-0.2, 0) is 11.3 Å². The van der Waals surface area contributed by atoms with Gasteiger partial charge in [-0.2, -0.15) is 0 Å². The normalized spacial score (nSPS) is 12.1. The second-order valence-corrected chi connectivity index (χ2v) is 5.22. The Kier molecular flexibility index (Phi) is 4.82. The Balaban J connectivity index is 2.49. The van der Waals surface area contributed by atoms with Crippen LogP contribution in [0.15, 0.2) is 6.20 Å². The number of aromatic nitrogens is 1. The van der Waals surface area contributed by atoms with Gasteiger partial charge in [0.05, 0.1) is 22.5 Å². The molecule has 0 aliphatic heterocycles. The van der Waals surface area contributed by atoms with Gasteiger partial charge in [-0.05, 0) is 13.3 Å². The van der Waals surface area contributed by atoms with Crippen LogP contribution in [0.4, 0.5) is 0 Å². The molecule has 0 aliphatic carbocycles. The van der Waals surface area contributed by atoms with Crippen LogP contribution in [0.2, 0.25) is 0 Å². The molecule has 0 spiro atoms. The van der Waals surface area contributed by atoms with E-state index in [0.717, 1.165) is 9.88 Å². The molecule has 16 heavy (non-hydrogen) atoms. The third-order valence-corrected chi connectivity index (χ3v) is 3.37. The highest BCUT2D eigenvalue weighted by Gasteiger charge is 2.18. The van der Waals surface area contributed by atoms with Crippen LogP contribution < -0.4 is 11.1 Å². The molecule has 6 heteroatoms. The van der Waals surface area contributed by atoms with Crippen molar-refractivity contribution in [2.45, 2.75) is 26.8 Å². The molecule has 88 valence electrons. The summed E-state index contributed by atoms with van der Waals surface area (Å²) in [5.41, 5.74) is 5.48. The standard InChI is InChI=1S/C10H15N3OS2/c1-3-8(9(11)15)10(14)13-5-7-4-12-6(2)16-7/h4,8H,3,5H2,1-2H3,(H2,11,15)(H,13,14). The predicted octanol–water partition coefficient (Wildman–Crippen LogP) is 1.38. The Morgan fingerprint density at radius 1 is 1.75 bits per heavy atom. The molecule has 0 fully saturated rings. The lowest BCUT2D eigenvalue weighted by atomic mass is 10.1. The zero-order chi connectivity index (χ0) is 12.1. The number of thiazole rings is 1. The smallest absolute Gasteiger partial charge is 0.230 e. The first-order chi connectivity index (χ1) is 7.54. The quantitative estimate of drug-likeness (QED) is 0.782. The molecule has 0 bridgehead atoms. The van der Waals surface area contributed by atoms with Gasteiger partial charge in [-0.15, -0.1) is 11.3 Å². The number of thiocarbonyl (C=S) groups is 1. The average molecular weight is 257 g/mol. The van der Waals surface area contributed by atoms with E-state index in [9.17, 15) is 4.79 Å². The number of carbonyl (C=O) groups excluding carboxylic acids is 1. The van der Waals surface area contributed by atoms with Gasteiger partial charge in [-0.1, -0.05) is 19.1 Å². The molecule has 1 atom stereocenters. The van der Waals surface area contributed by atoms with E-state index in [1.807, 2.05) is 13.8 Å². The third kappa shape index (κ3) is 3.53. The second kappa shape index (κ2) is 5.91. The summed E-state index contributed by atoms with van der Waals surface area (Å²) in [4.78, 5) is 17.1. The predicted molar refractivity (Wildman–Crippen MR) is 69.3 cm³/mol. The fraction of sp³-hybridized carbons (Fsp3) is 0.500. The molecular formula is C10H15N3OS2. The van der Waals surface area contributed by atoms with Gasteiger partial charge in [0, 0.05) is 11.1 Å². The number of rotatable bonds is 5. The highest BCUT2D eigenvalue weighted by atomic mass is 32.1. The zero-order valence-electron chi connectivity index (χ0n) is 9.32. The molecule has 0 radical (unpaired) electrons. The Morgan fingerprint density at radius 3 is 2.88 bits per heavy atom. The zero-order valence-corrected chi connectivity index (χ0v) is 11.0. The van der Waals surface area contributed by atoms with Crippen molar-refractivity contribution in [2.24, 2.45) is 11.7 Å². The lowest BCUT2D eigenvalue weighted by Gasteiger charge is -2.12. The van der Waals surface area contributed by atoms with Crippen molar-refractivity contribution >= 4 is 34.5 Å². The number of hydrogen-bond acceptors (Lipinski definition) is 4. The fourth-order valence-corrected chi connectivity index (χ4v) is 2.31. The summed E-state index contributed by atoms with van der Waals surface area (Å²) < 4.78 is 0. The highest BCUT2D eigenvalue weighted by molar-refractivity contribution is 7.80. The van der Waals surface area contributed by atoms with Crippen LogP contribution in [0.25, 0.3) is 0 Å². The Bertz CT molecular complexity index is 389. The molecule has 0 saturated heterocycles. The van der Waals surface area contributed by atoms with Crippen molar-refractivity contribution < 1.29 is 4.79 Å². The Hall–Kier alpha value is -1.01. The summed E-state index contributed by atoms with van der Waals surface area (Å²) in [5, 5.41) is 3.80. The third-order valence-electron chi connectivity index (χ3n) is 2.17. The monoisotopic (exact) mass is 257 g/mol. The van der Waals surface area contributed by atoms with Crippen molar-refractivity contribution in [1.82, 2.24) is 10.3 Å². The van der Waals surface area contributed by atoms with E-state index in [-0.39, 0.29) is 16.8 Å². The van der Waals surface area contributed by atoms with Crippen molar-refractivity contribution in [2.75, 3.05) is 0 Å². The van der Waals surface area contributed by atoms with Gasteiger partial charge in [-0.25, -0.2) is 4.98 Å². The van der Waals surface area contributed by atoms with E-state index in [1.54, 1.807) is 17.5 Å². The van der Waals surface area contributed by atoms with Crippen molar-refractivity contribution in [3.8, 4) is 0 Å². The van der Waals surface area contributed by atoms with E-state index >= 15 is 0 Å². The highest BCUT2D eigenvalue weighted by Crippen LogP contribution is 2.11. The molecule has 0 saturated carbocycles. The van der Waals surface area contributed by atoms with Gasteiger partial charge in [-0.3, -0.25) is 4.79 Å². The molecule has 1 aromatic heterocycles. The summed E-state index contributed by atoms with van der Waals surface area (Å²) in [5.74, 6) is -0.481. The van der Waals surface area contributed by atoms with E-state index in [1.165, 1.54) is 0 Å². The van der Waals surface area contributed by atoms with Gasteiger partial charge >= 0.3 is 0 Å². The summed E-state index contributed by atoms with van der Waals surface area (Å²) in [6.45, 7) is 4.31. The minimum Gasteiger partial charge on any atom is -0.393 e. The van der Waals surface area contributed by atoms with Crippen LogP contribution in [0.1, 0.15) is 23.2 Å². The summed E-state index contributed by atoms with van der Waals surface area (Å²) in [7, 11) is 0. The lowest BCUT2D eigenvalue weighted by molar-refractivity contribution is -0.123. The molecule has 1 aromatic rings. The number of nitrogens with one attached hydrogen (secondary N) is 1. The molecule has 1 rings (SSSR count). The maximum atomic E-state index is 11.7. The Labute approximate surface area is 104 Å². The van der Waals surface area contributed by atoms with Gasteiger partial charge in [0.2, 0.25) is 5.91 Å². The maximum absolute atomic E-state index is 11.7. The van der Waals surface area contributed by atoms with E-state index < -0.39 is 0 Å². The first kappa shape index (κ1) is 13.1. The average Bonchev–Trinajstić information content (AvgIpc) is 2.62. The maximum Gasteiger partial charge on any atom is 0.230 e. The fourth-order valence-electron chi connectivity index (χ4n) is 1.30. The van der Waals surface area contributed by atoms with E-state index in [2.05, 4.69) is 10.3 Å². The van der Waals surface area contributed by atoms with Gasteiger partial charge in [0.1, 0.15) is 0 Å². The second-order valence-electron chi connectivity index (χ2n) is 3.43. The summed E-state index contributed by atoms with van der Waals surface area (Å²) in [6, 6.07) is 0. The number of hydrogen-bond donors (Lipinski definition) is 2. The number of nitrogens with two attached hydrogens (primary N) is 1. The summed E-state index contributed by atoms with van der Waals surface area (Å²) >= 11 is 6.40. The molecule has 0 aromatic carbocycles. The minimum absolute atomic E-state index is 0.110. The molecule has 1 heterocycles. The lowest BCUT2D eigenvalue weighted by Crippen LogP contribution is -2.37. The van der Waals surface area contributed by atoms with Crippen LogP contribution in [-0.4, -0.2) is 15.9 Å². The van der Waals surface area contributed by atoms with Gasteiger partial charge in [0.25, 0.3) is 0 Å². The molecular weight excluding hydrogens is 242 g/mol. The number of carbonyl (C=O) groups is 1. The van der Waals surface area contributed by atoms with Gasteiger partial charge < -0.3 is 11.1 Å². The van der Waals surface area contributed by atoms with E-state index in [0.29, 0.717) is 13.0 Å². The topological polar surface area (TPSA) is 68.0 Å². The van der Waals surface area contributed by atoms with Crippen molar-refractivity contribution in [3.63, 3.8) is 0 Å². The minimum atomic E-state index is -0.371. The largest absolute Gasteiger partial charge is 0.393 e. The van der Waals surface area contributed by atoms with Crippen LogP contribution >= 0.6 is 23.6 Å². The van der Waals surface area contributed by atoms with Crippen molar-refractivity contribution in [1.29, 1.82) is 0 Å². The molecule has 4 nitrogen and oxygen atoms in total. The van der Waals surface area contributed by atoms with Gasteiger partial charge in [0.15, 0.2) is 0 Å². The van der Waals surface area contributed by atoms with Crippen LogP contribution in [0.3, 0.4) is 0 Å². The van der Waals surface area contributed by atoms with Crippen molar-refractivity contribution in [3.05, 3.63) is 16.1 Å². The van der Waals surface area contributed by atoms with Crippen LogP contribution in [0.5, 0.6) is 0 Å². The number of aryl methyl sites for hydroxylation is 1.